The van der Waals surface area contributed by atoms with Crippen LogP contribution >= 0.6 is 12.2 Å². The molecule has 1 aromatic carbocycles. The number of carbonyl (C=O) groups excluding carboxylic acids is 2. The van der Waals surface area contributed by atoms with Crippen molar-refractivity contribution in [2.45, 2.75) is 5.92 Å². The number of thiocarbonyl (C=S) groups is 1. The first-order valence-corrected chi connectivity index (χ1v) is 4.80. The molecule has 16 heavy (non-hydrogen) atoms. The molecule has 0 radical (unpaired) electrons. The van der Waals surface area contributed by atoms with Crippen molar-refractivity contribution < 1.29 is 39.1 Å². The van der Waals surface area contributed by atoms with E-state index in [9.17, 15) is 9.59 Å². The average molecular weight is 243 g/mol. The Bertz CT molecular complexity index is 416. The van der Waals surface area contributed by atoms with Gasteiger partial charge < -0.3 is 10.6 Å². The predicted octanol–water partition coefficient (Wildman–Crippen LogP) is -2.69. The van der Waals surface area contributed by atoms with Crippen LogP contribution in [0.15, 0.2) is 30.3 Å². The molecule has 1 aliphatic rings. The van der Waals surface area contributed by atoms with Gasteiger partial charge in [0.05, 0.1) is 0 Å². The second kappa shape index (κ2) is 5.54. The van der Waals surface area contributed by atoms with Crippen molar-refractivity contribution in [1.82, 2.24) is 10.6 Å². The minimum atomic E-state index is -0.808. The van der Waals surface area contributed by atoms with Gasteiger partial charge in [-0.1, -0.05) is 30.3 Å². The van der Waals surface area contributed by atoms with E-state index in [-0.39, 0.29) is 46.5 Å². The second-order valence-electron chi connectivity index (χ2n) is 3.15. The third kappa shape index (κ3) is 2.68. The van der Waals surface area contributed by atoms with Gasteiger partial charge in [0, 0.05) is 0 Å². The number of amides is 2. The van der Waals surface area contributed by atoms with Crippen LogP contribution in [0.25, 0.3) is 0 Å². The van der Waals surface area contributed by atoms with Crippen LogP contribution in [0.5, 0.6) is 0 Å². The monoisotopic (exact) mass is 243 g/mol. The topological polar surface area (TPSA) is 58.2 Å². The Balaban J connectivity index is 0.00000128. The number of hydrogen-bond acceptors (Lipinski definition) is 3. The van der Waals surface area contributed by atoms with E-state index in [1.165, 1.54) is 0 Å². The number of carbonyl (C=O) groups is 2. The SMILES string of the molecule is O=C1NC(=S)NC(=O)C1c1ccccc1.[Na+]. The molecule has 2 rings (SSSR count). The van der Waals surface area contributed by atoms with Crippen molar-refractivity contribution in [2.75, 3.05) is 0 Å². The number of nitrogens with one attached hydrogen (secondary N) is 2. The van der Waals surface area contributed by atoms with Gasteiger partial charge in [-0.2, -0.15) is 0 Å². The summed E-state index contributed by atoms with van der Waals surface area (Å²) < 4.78 is 0. The maximum atomic E-state index is 11.6. The third-order valence-corrected chi connectivity index (χ3v) is 2.33. The summed E-state index contributed by atoms with van der Waals surface area (Å²) in [5.74, 6) is -1.57. The summed E-state index contributed by atoms with van der Waals surface area (Å²) in [5.41, 5.74) is 0.662. The van der Waals surface area contributed by atoms with E-state index in [4.69, 9.17) is 12.2 Å². The normalized spacial score (nSPS) is 16.1. The summed E-state index contributed by atoms with van der Waals surface area (Å²) in [6.07, 6.45) is 0. The van der Waals surface area contributed by atoms with Crippen LogP contribution < -0.4 is 40.2 Å². The predicted molar refractivity (Wildman–Crippen MR) is 58.1 cm³/mol. The maximum absolute atomic E-state index is 11.6. The molecule has 2 amide bonds. The zero-order valence-corrected chi connectivity index (χ0v) is 11.5. The molecule has 0 unspecified atom stereocenters. The van der Waals surface area contributed by atoms with E-state index in [2.05, 4.69) is 10.6 Å². The van der Waals surface area contributed by atoms with Gasteiger partial charge in [0.2, 0.25) is 11.8 Å². The van der Waals surface area contributed by atoms with Crippen LogP contribution in [0.2, 0.25) is 0 Å². The Morgan fingerprint density at radius 3 is 2.00 bits per heavy atom. The standard InChI is InChI=1S/C10H8N2O2S.Na/c13-8-7(6-4-2-1-3-5-6)9(14)12-10(15)11-8;/h1-5,7H,(H2,11,12,13,14,15);/q;+1. The van der Waals surface area contributed by atoms with Crippen LogP contribution in [-0.2, 0) is 9.59 Å². The summed E-state index contributed by atoms with van der Waals surface area (Å²) in [6, 6.07) is 8.86. The van der Waals surface area contributed by atoms with Gasteiger partial charge in [-0.15, -0.1) is 0 Å². The number of benzene rings is 1. The molecule has 0 aromatic heterocycles. The van der Waals surface area contributed by atoms with Gasteiger partial charge in [0.15, 0.2) is 5.11 Å². The van der Waals surface area contributed by atoms with Crippen LogP contribution in [0, 0.1) is 0 Å². The fourth-order valence-corrected chi connectivity index (χ4v) is 1.67. The van der Waals surface area contributed by atoms with Crippen molar-refractivity contribution in [3.05, 3.63) is 35.9 Å². The van der Waals surface area contributed by atoms with Gasteiger partial charge in [-0.25, -0.2) is 0 Å². The third-order valence-electron chi connectivity index (χ3n) is 2.13. The van der Waals surface area contributed by atoms with Crippen LogP contribution in [0.4, 0.5) is 0 Å². The zero-order valence-electron chi connectivity index (χ0n) is 8.69. The summed E-state index contributed by atoms with van der Waals surface area (Å²) in [6.45, 7) is 0. The Kier molecular flexibility index (Phi) is 4.61. The minimum absolute atomic E-state index is 0. The summed E-state index contributed by atoms with van der Waals surface area (Å²) in [4.78, 5) is 23.1. The summed E-state index contributed by atoms with van der Waals surface area (Å²) >= 11 is 4.70. The molecule has 1 aliphatic heterocycles. The molecule has 2 N–H and O–H groups in total. The molecule has 0 aliphatic carbocycles. The van der Waals surface area contributed by atoms with Crippen molar-refractivity contribution in [1.29, 1.82) is 0 Å². The van der Waals surface area contributed by atoms with Gasteiger partial charge in [0.1, 0.15) is 5.92 Å². The second-order valence-corrected chi connectivity index (χ2v) is 3.56. The van der Waals surface area contributed by atoms with Crippen molar-refractivity contribution in [2.24, 2.45) is 0 Å². The minimum Gasteiger partial charge on any atom is -0.302 e. The molecule has 0 saturated carbocycles. The molecular weight excluding hydrogens is 235 g/mol. The summed E-state index contributed by atoms with van der Waals surface area (Å²) in [5, 5.41) is 4.90. The molecule has 0 bridgehead atoms. The maximum Gasteiger partial charge on any atom is 1.00 e. The smallest absolute Gasteiger partial charge is 0.302 e. The summed E-state index contributed by atoms with van der Waals surface area (Å²) in [7, 11) is 0. The van der Waals surface area contributed by atoms with Gasteiger partial charge in [0.25, 0.3) is 0 Å². The van der Waals surface area contributed by atoms with Crippen LogP contribution in [-0.4, -0.2) is 16.9 Å². The van der Waals surface area contributed by atoms with Gasteiger partial charge in [-0.3, -0.25) is 9.59 Å². The first-order valence-electron chi connectivity index (χ1n) is 4.39. The molecular formula is C10H8N2NaO2S+. The van der Waals surface area contributed by atoms with Gasteiger partial charge in [-0.05, 0) is 17.8 Å². The Hall–Kier alpha value is -0.750. The number of rotatable bonds is 1. The Labute approximate surface area is 120 Å². The average Bonchev–Trinajstić information content (AvgIpc) is 2.17. The largest absolute Gasteiger partial charge is 1.00 e. The van der Waals surface area contributed by atoms with E-state index in [0.29, 0.717) is 5.56 Å². The van der Waals surface area contributed by atoms with E-state index >= 15 is 0 Å². The Morgan fingerprint density at radius 2 is 1.50 bits per heavy atom. The van der Waals surface area contributed by atoms with Crippen molar-refractivity contribution in [3.63, 3.8) is 0 Å². The van der Waals surface area contributed by atoms with Crippen molar-refractivity contribution >= 4 is 29.1 Å². The zero-order chi connectivity index (χ0) is 10.8. The van der Waals surface area contributed by atoms with E-state index < -0.39 is 5.92 Å². The van der Waals surface area contributed by atoms with Crippen LogP contribution in [0.3, 0.4) is 0 Å². The molecule has 1 saturated heterocycles. The molecule has 4 nitrogen and oxygen atoms in total. The fourth-order valence-electron chi connectivity index (χ4n) is 1.47. The van der Waals surface area contributed by atoms with Crippen molar-refractivity contribution in [3.8, 4) is 0 Å². The number of hydrogen-bond donors (Lipinski definition) is 2. The first kappa shape index (κ1) is 13.3. The molecule has 6 heteroatoms. The van der Waals surface area contributed by atoms with E-state index in [1.54, 1.807) is 24.3 Å². The molecule has 76 valence electrons. The van der Waals surface area contributed by atoms with Gasteiger partial charge >= 0.3 is 29.6 Å². The molecule has 1 aromatic rings. The van der Waals surface area contributed by atoms with E-state index in [1.807, 2.05) is 6.07 Å². The molecule has 0 spiro atoms. The first-order chi connectivity index (χ1) is 7.18. The van der Waals surface area contributed by atoms with Crippen LogP contribution in [0.1, 0.15) is 11.5 Å². The fraction of sp³-hybridized carbons (Fsp3) is 0.100. The molecule has 0 atom stereocenters. The van der Waals surface area contributed by atoms with E-state index in [0.717, 1.165) is 0 Å². The molecule has 1 heterocycles. The Morgan fingerprint density at radius 1 is 1.00 bits per heavy atom. The quantitative estimate of drug-likeness (QED) is 0.321. The molecule has 1 fully saturated rings.